The Labute approximate surface area is 86.7 Å². The van der Waals surface area contributed by atoms with Gasteiger partial charge < -0.3 is 10.4 Å². The van der Waals surface area contributed by atoms with Gasteiger partial charge >= 0.3 is 0 Å². The first-order valence-corrected chi connectivity index (χ1v) is 4.23. The number of hydrogen-bond acceptors (Lipinski definition) is 2. The van der Waals surface area contributed by atoms with Crippen LogP contribution >= 0.6 is 11.6 Å². The van der Waals surface area contributed by atoms with Crippen LogP contribution in [-0.4, -0.2) is 11.0 Å². The lowest BCUT2D eigenvalue weighted by atomic mass is 10.3. The van der Waals surface area contributed by atoms with Crippen molar-refractivity contribution in [3.05, 3.63) is 23.2 Å². The molecular formula is C10H8ClNO2. The number of aromatic hydroxyl groups is 1. The Bertz CT molecular complexity index is 418. The molecule has 0 spiro atoms. The maximum absolute atomic E-state index is 11.0. The summed E-state index contributed by atoms with van der Waals surface area (Å²) >= 11 is 5.75. The molecule has 0 aliphatic heterocycles. The van der Waals surface area contributed by atoms with Crippen molar-refractivity contribution < 1.29 is 9.90 Å². The topological polar surface area (TPSA) is 49.3 Å². The van der Waals surface area contributed by atoms with Gasteiger partial charge in [-0.05, 0) is 25.0 Å². The predicted molar refractivity (Wildman–Crippen MR) is 55.2 cm³/mol. The molecule has 2 N–H and O–H groups in total. The normalized spacial score (nSPS) is 8.71. The van der Waals surface area contributed by atoms with E-state index in [1.54, 1.807) is 6.92 Å². The van der Waals surface area contributed by atoms with E-state index in [1.807, 2.05) is 0 Å². The van der Waals surface area contributed by atoms with Gasteiger partial charge in [0, 0.05) is 6.07 Å². The predicted octanol–water partition coefficient (Wildman–Crippen LogP) is 2.01. The molecule has 0 aliphatic rings. The molecule has 4 heteroatoms. The Morgan fingerprint density at radius 2 is 2.29 bits per heavy atom. The van der Waals surface area contributed by atoms with E-state index in [0.717, 1.165) is 0 Å². The number of anilines is 1. The van der Waals surface area contributed by atoms with Gasteiger partial charge in [0.05, 0.1) is 10.7 Å². The molecule has 0 bridgehead atoms. The van der Waals surface area contributed by atoms with Crippen LogP contribution in [0.5, 0.6) is 5.75 Å². The Hall–Kier alpha value is -1.66. The molecule has 0 atom stereocenters. The smallest absolute Gasteiger partial charge is 0.300 e. The summed E-state index contributed by atoms with van der Waals surface area (Å²) in [4.78, 5) is 11.0. The lowest BCUT2D eigenvalue weighted by molar-refractivity contribution is -0.111. The van der Waals surface area contributed by atoms with E-state index in [-0.39, 0.29) is 10.8 Å². The van der Waals surface area contributed by atoms with Crippen molar-refractivity contribution in [2.24, 2.45) is 0 Å². The highest BCUT2D eigenvalue weighted by atomic mass is 35.5. The monoisotopic (exact) mass is 209 g/mol. The quantitative estimate of drug-likeness (QED) is 0.549. The van der Waals surface area contributed by atoms with Gasteiger partial charge in [-0.2, -0.15) is 0 Å². The molecule has 14 heavy (non-hydrogen) atoms. The van der Waals surface area contributed by atoms with E-state index in [9.17, 15) is 4.79 Å². The Morgan fingerprint density at radius 1 is 1.57 bits per heavy atom. The summed E-state index contributed by atoms with van der Waals surface area (Å²) in [6, 6.07) is 4.28. The molecule has 0 fully saturated rings. The van der Waals surface area contributed by atoms with Crippen molar-refractivity contribution in [2.45, 2.75) is 6.92 Å². The highest BCUT2D eigenvalue weighted by Gasteiger charge is 2.03. The largest absolute Gasteiger partial charge is 0.508 e. The van der Waals surface area contributed by atoms with Crippen LogP contribution in [0.1, 0.15) is 6.92 Å². The van der Waals surface area contributed by atoms with Gasteiger partial charge in [0.1, 0.15) is 5.75 Å². The van der Waals surface area contributed by atoms with Gasteiger partial charge in [-0.15, -0.1) is 0 Å². The summed E-state index contributed by atoms with van der Waals surface area (Å²) in [5.74, 6) is 4.40. The second-order valence-electron chi connectivity index (χ2n) is 2.49. The zero-order chi connectivity index (χ0) is 10.6. The van der Waals surface area contributed by atoms with E-state index in [1.165, 1.54) is 18.2 Å². The summed E-state index contributed by atoms with van der Waals surface area (Å²) in [6.07, 6.45) is 0. The minimum atomic E-state index is -0.430. The number of phenols is 1. The number of carbonyl (C=O) groups is 1. The summed E-state index contributed by atoms with van der Waals surface area (Å²) in [6.45, 7) is 1.57. The summed E-state index contributed by atoms with van der Waals surface area (Å²) in [7, 11) is 0. The molecule has 72 valence electrons. The van der Waals surface area contributed by atoms with Crippen molar-refractivity contribution in [3.8, 4) is 17.6 Å². The summed E-state index contributed by atoms with van der Waals surface area (Å²) in [5.41, 5.74) is 0.428. The summed E-state index contributed by atoms with van der Waals surface area (Å²) in [5, 5.41) is 11.8. The van der Waals surface area contributed by atoms with Crippen LogP contribution in [0, 0.1) is 11.8 Å². The number of benzene rings is 1. The van der Waals surface area contributed by atoms with E-state index < -0.39 is 5.91 Å². The summed E-state index contributed by atoms with van der Waals surface area (Å²) < 4.78 is 0. The number of rotatable bonds is 1. The third-order valence-electron chi connectivity index (χ3n) is 1.44. The second kappa shape index (κ2) is 4.54. The van der Waals surface area contributed by atoms with Crippen molar-refractivity contribution in [1.29, 1.82) is 0 Å². The first-order valence-electron chi connectivity index (χ1n) is 3.85. The van der Waals surface area contributed by atoms with Gasteiger partial charge in [0.2, 0.25) is 0 Å². The minimum Gasteiger partial charge on any atom is -0.508 e. The van der Waals surface area contributed by atoms with Crippen LogP contribution in [0.15, 0.2) is 18.2 Å². The van der Waals surface area contributed by atoms with Crippen LogP contribution in [0.2, 0.25) is 5.02 Å². The van der Waals surface area contributed by atoms with Crippen LogP contribution in [0.3, 0.4) is 0 Å². The second-order valence-corrected chi connectivity index (χ2v) is 2.90. The zero-order valence-electron chi connectivity index (χ0n) is 7.47. The van der Waals surface area contributed by atoms with Gasteiger partial charge in [-0.1, -0.05) is 17.5 Å². The average Bonchev–Trinajstić information content (AvgIpc) is 2.10. The number of phenolic OH excluding ortho intramolecular Hbond substituents is 1. The van der Waals surface area contributed by atoms with Crippen molar-refractivity contribution >= 4 is 23.2 Å². The van der Waals surface area contributed by atoms with Crippen LogP contribution in [0.4, 0.5) is 5.69 Å². The van der Waals surface area contributed by atoms with Gasteiger partial charge in [-0.25, -0.2) is 0 Å². The van der Waals surface area contributed by atoms with Crippen molar-refractivity contribution in [1.82, 2.24) is 0 Å². The SMILES string of the molecule is CC#CC(=O)Nc1ccc(O)cc1Cl. The van der Waals surface area contributed by atoms with Crippen LogP contribution in [0.25, 0.3) is 0 Å². The van der Waals surface area contributed by atoms with Gasteiger partial charge in [0.15, 0.2) is 0 Å². The molecule has 3 nitrogen and oxygen atoms in total. The Morgan fingerprint density at radius 3 is 2.86 bits per heavy atom. The molecule has 1 rings (SSSR count). The fourth-order valence-corrected chi connectivity index (χ4v) is 1.09. The van der Waals surface area contributed by atoms with E-state index in [2.05, 4.69) is 17.2 Å². The molecule has 1 amide bonds. The molecule has 0 radical (unpaired) electrons. The molecule has 0 aliphatic carbocycles. The maximum Gasteiger partial charge on any atom is 0.300 e. The highest BCUT2D eigenvalue weighted by Crippen LogP contribution is 2.25. The standard InChI is InChI=1S/C10H8ClNO2/c1-2-3-10(14)12-9-5-4-7(13)6-8(9)11/h4-6,13H,1H3,(H,12,14). The molecular weight excluding hydrogens is 202 g/mol. The van der Waals surface area contributed by atoms with E-state index >= 15 is 0 Å². The molecule has 1 aromatic carbocycles. The average molecular weight is 210 g/mol. The number of hydrogen-bond donors (Lipinski definition) is 2. The van der Waals surface area contributed by atoms with Crippen LogP contribution < -0.4 is 5.32 Å². The lowest BCUT2D eigenvalue weighted by Crippen LogP contribution is -2.08. The fourth-order valence-electron chi connectivity index (χ4n) is 0.872. The van der Waals surface area contributed by atoms with Crippen molar-refractivity contribution in [2.75, 3.05) is 5.32 Å². The Kier molecular flexibility index (Phi) is 3.38. The minimum absolute atomic E-state index is 0.0505. The highest BCUT2D eigenvalue weighted by molar-refractivity contribution is 6.34. The number of amides is 1. The third kappa shape index (κ3) is 2.68. The number of nitrogens with one attached hydrogen (secondary N) is 1. The lowest BCUT2D eigenvalue weighted by Gasteiger charge is -2.03. The van der Waals surface area contributed by atoms with E-state index in [4.69, 9.17) is 16.7 Å². The fraction of sp³-hybridized carbons (Fsp3) is 0.100. The van der Waals surface area contributed by atoms with Crippen molar-refractivity contribution in [3.63, 3.8) is 0 Å². The molecule has 1 aromatic rings. The number of carbonyl (C=O) groups excluding carboxylic acids is 1. The van der Waals surface area contributed by atoms with Gasteiger partial charge in [0.25, 0.3) is 5.91 Å². The molecule has 0 heterocycles. The number of halogens is 1. The van der Waals surface area contributed by atoms with Gasteiger partial charge in [-0.3, -0.25) is 4.79 Å². The molecule has 0 saturated heterocycles. The molecule has 0 saturated carbocycles. The molecule has 0 aromatic heterocycles. The molecule has 0 unspecified atom stereocenters. The third-order valence-corrected chi connectivity index (χ3v) is 1.75. The van der Waals surface area contributed by atoms with E-state index in [0.29, 0.717) is 5.69 Å². The maximum atomic E-state index is 11.0. The first kappa shape index (κ1) is 10.4. The first-order chi connectivity index (χ1) is 6.63. The zero-order valence-corrected chi connectivity index (χ0v) is 8.22. The van der Waals surface area contributed by atoms with Crippen LogP contribution in [-0.2, 0) is 4.79 Å². The Balaban J connectivity index is 2.85.